The maximum absolute atomic E-state index is 11.2. The maximum Gasteiger partial charge on any atom is 0.246 e. The lowest BCUT2D eigenvalue weighted by Gasteiger charge is -2.13. The molecule has 0 saturated heterocycles. The summed E-state index contributed by atoms with van der Waals surface area (Å²) in [4.78, 5) is 11.2. The number of para-hydroxylation sites is 1. The minimum Gasteiger partial charge on any atom is -0.490 e. The lowest BCUT2D eigenvalue weighted by Crippen LogP contribution is -2.27. The highest BCUT2D eigenvalue weighted by molar-refractivity contribution is 5.77. The van der Waals surface area contributed by atoms with Gasteiger partial charge in [0.25, 0.3) is 0 Å². The zero-order chi connectivity index (χ0) is 11.4. The average Bonchev–Trinajstić information content (AvgIpc) is 2.78. The van der Waals surface area contributed by atoms with Gasteiger partial charge in [0.05, 0.1) is 6.10 Å². The molecule has 86 valence electrons. The Morgan fingerprint density at radius 3 is 2.75 bits per heavy atom. The van der Waals surface area contributed by atoms with Crippen molar-refractivity contribution in [2.24, 2.45) is 5.92 Å². The number of rotatable bonds is 3. The monoisotopic (exact) mass is 221 g/mol. The molecule has 1 amide bonds. The first kappa shape index (κ1) is 11.0. The molecule has 0 aromatic heterocycles. The first-order valence-corrected chi connectivity index (χ1v) is 5.45. The van der Waals surface area contributed by atoms with Gasteiger partial charge in [-0.2, -0.15) is 0 Å². The highest BCUT2D eigenvalue weighted by atomic mass is 16.5. The molecule has 0 aliphatic heterocycles. The molecule has 4 heteroatoms. The van der Waals surface area contributed by atoms with Gasteiger partial charge in [-0.3, -0.25) is 10.0 Å². The largest absolute Gasteiger partial charge is 0.490 e. The highest BCUT2D eigenvalue weighted by Gasteiger charge is 2.30. The van der Waals surface area contributed by atoms with E-state index in [1.807, 2.05) is 30.3 Å². The second kappa shape index (κ2) is 4.99. The molecule has 2 rings (SSSR count). The van der Waals surface area contributed by atoms with Gasteiger partial charge >= 0.3 is 0 Å². The van der Waals surface area contributed by atoms with E-state index in [0.717, 1.165) is 18.6 Å². The molecule has 0 spiro atoms. The molecule has 1 aromatic rings. The second-order valence-electron chi connectivity index (χ2n) is 4.04. The molecule has 1 aromatic carbocycles. The van der Waals surface area contributed by atoms with Gasteiger partial charge in [-0.25, -0.2) is 5.48 Å². The van der Waals surface area contributed by atoms with Crippen LogP contribution in [-0.4, -0.2) is 17.2 Å². The third-order valence-corrected chi connectivity index (χ3v) is 2.91. The minimum absolute atomic E-state index is 0.0738. The summed E-state index contributed by atoms with van der Waals surface area (Å²) in [7, 11) is 0. The van der Waals surface area contributed by atoms with E-state index in [1.165, 1.54) is 0 Å². The van der Waals surface area contributed by atoms with Gasteiger partial charge in [-0.1, -0.05) is 18.2 Å². The quantitative estimate of drug-likeness (QED) is 0.603. The van der Waals surface area contributed by atoms with Crippen LogP contribution in [0.25, 0.3) is 0 Å². The Labute approximate surface area is 94.2 Å². The standard InChI is InChI=1S/C12H15NO3/c14-12(13-15)9-6-7-11(8-9)16-10-4-2-1-3-5-10/h1-5,9,11,15H,6-8H2,(H,13,14). The molecule has 2 unspecified atom stereocenters. The number of ether oxygens (including phenoxy) is 1. The van der Waals surface area contributed by atoms with Crippen molar-refractivity contribution in [2.75, 3.05) is 0 Å². The van der Waals surface area contributed by atoms with Gasteiger partial charge in [0.1, 0.15) is 5.75 Å². The van der Waals surface area contributed by atoms with Gasteiger partial charge in [0, 0.05) is 5.92 Å². The van der Waals surface area contributed by atoms with Crippen molar-refractivity contribution in [2.45, 2.75) is 25.4 Å². The first-order valence-electron chi connectivity index (χ1n) is 5.45. The van der Waals surface area contributed by atoms with E-state index in [4.69, 9.17) is 9.94 Å². The smallest absolute Gasteiger partial charge is 0.246 e. The van der Waals surface area contributed by atoms with E-state index >= 15 is 0 Å². The van der Waals surface area contributed by atoms with Crippen LogP contribution in [0.5, 0.6) is 5.75 Å². The summed E-state index contributed by atoms with van der Waals surface area (Å²) in [6.07, 6.45) is 2.36. The molecular formula is C12H15NO3. The number of carbonyl (C=O) groups is 1. The Bertz CT molecular complexity index is 353. The average molecular weight is 221 g/mol. The van der Waals surface area contributed by atoms with Gasteiger partial charge in [-0.05, 0) is 31.4 Å². The SMILES string of the molecule is O=C(NO)C1CCC(Oc2ccccc2)C1. The molecule has 1 fully saturated rings. The van der Waals surface area contributed by atoms with Gasteiger partial charge in [0.2, 0.25) is 5.91 Å². The summed E-state index contributed by atoms with van der Waals surface area (Å²) in [6, 6.07) is 9.58. The molecule has 0 heterocycles. The highest BCUT2D eigenvalue weighted by Crippen LogP contribution is 2.29. The molecule has 16 heavy (non-hydrogen) atoms. The van der Waals surface area contributed by atoms with Crippen molar-refractivity contribution in [3.05, 3.63) is 30.3 Å². The summed E-state index contributed by atoms with van der Waals surface area (Å²) >= 11 is 0. The van der Waals surface area contributed by atoms with E-state index in [2.05, 4.69) is 0 Å². The van der Waals surface area contributed by atoms with Crippen LogP contribution < -0.4 is 10.2 Å². The van der Waals surface area contributed by atoms with Crippen molar-refractivity contribution >= 4 is 5.91 Å². The molecule has 2 N–H and O–H groups in total. The predicted molar refractivity (Wildman–Crippen MR) is 58.1 cm³/mol. The van der Waals surface area contributed by atoms with Crippen LogP contribution in [-0.2, 0) is 4.79 Å². The van der Waals surface area contributed by atoms with E-state index in [-0.39, 0.29) is 17.9 Å². The number of hydrogen-bond acceptors (Lipinski definition) is 3. The van der Waals surface area contributed by atoms with Crippen LogP contribution in [0, 0.1) is 5.92 Å². The summed E-state index contributed by atoms with van der Waals surface area (Å²) in [5, 5.41) is 8.53. The van der Waals surface area contributed by atoms with Crippen LogP contribution in [0.2, 0.25) is 0 Å². The third-order valence-electron chi connectivity index (χ3n) is 2.91. The Hall–Kier alpha value is -1.55. The van der Waals surface area contributed by atoms with E-state index in [1.54, 1.807) is 5.48 Å². The minimum atomic E-state index is -0.306. The van der Waals surface area contributed by atoms with E-state index in [9.17, 15) is 4.79 Å². The zero-order valence-electron chi connectivity index (χ0n) is 8.93. The Morgan fingerprint density at radius 2 is 2.06 bits per heavy atom. The number of nitrogens with one attached hydrogen (secondary N) is 1. The molecule has 1 aliphatic carbocycles. The number of hydroxylamine groups is 1. The zero-order valence-corrected chi connectivity index (χ0v) is 8.93. The van der Waals surface area contributed by atoms with Gasteiger partial charge < -0.3 is 4.74 Å². The summed E-state index contributed by atoms with van der Waals surface area (Å²) in [5.41, 5.74) is 1.70. The molecular weight excluding hydrogens is 206 g/mol. The topological polar surface area (TPSA) is 58.6 Å². The number of carbonyl (C=O) groups excluding carboxylic acids is 1. The summed E-state index contributed by atoms with van der Waals surface area (Å²) in [6.45, 7) is 0. The lowest BCUT2D eigenvalue weighted by molar-refractivity contribution is -0.133. The number of hydrogen-bond donors (Lipinski definition) is 2. The Morgan fingerprint density at radius 1 is 1.31 bits per heavy atom. The van der Waals surface area contributed by atoms with Crippen molar-refractivity contribution in [1.29, 1.82) is 0 Å². The Kier molecular flexibility index (Phi) is 3.41. The molecule has 0 radical (unpaired) electrons. The van der Waals surface area contributed by atoms with Crippen molar-refractivity contribution in [3.8, 4) is 5.75 Å². The molecule has 1 aliphatic rings. The van der Waals surface area contributed by atoms with Crippen LogP contribution in [0.4, 0.5) is 0 Å². The normalized spacial score (nSPS) is 24.1. The van der Waals surface area contributed by atoms with Gasteiger partial charge in [-0.15, -0.1) is 0 Å². The second-order valence-corrected chi connectivity index (χ2v) is 4.04. The summed E-state index contributed by atoms with van der Waals surface area (Å²) in [5.74, 6) is 0.399. The van der Waals surface area contributed by atoms with Crippen molar-refractivity contribution in [3.63, 3.8) is 0 Å². The van der Waals surface area contributed by atoms with Crippen molar-refractivity contribution in [1.82, 2.24) is 5.48 Å². The van der Waals surface area contributed by atoms with Gasteiger partial charge in [0.15, 0.2) is 0 Å². The van der Waals surface area contributed by atoms with Crippen molar-refractivity contribution < 1.29 is 14.7 Å². The fourth-order valence-electron chi connectivity index (χ4n) is 2.07. The van der Waals surface area contributed by atoms with Crippen LogP contribution >= 0.6 is 0 Å². The third kappa shape index (κ3) is 2.52. The molecule has 1 saturated carbocycles. The fourth-order valence-corrected chi connectivity index (χ4v) is 2.07. The van der Waals surface area contributed by atoms with Crippen LogP contribution in [0.1, 0.15) is 19.3 Å². The fraction of sp³-hybridized carbons (Fsp3) is 0.417. The maximum atomic E-state index is 11.2. The van der Waals surface area contributed by atoms with E-state index < -0.39 is 0 Å². The number of benzene rings is 1. The van der Waals surface area contributed by atoms with E-state index in [0.29, 0.717) is 6.42 Å². The van der Waals surface area contributed by atoms with Crippen LogP contribution in [0.15, 0.2) is 30.3 Å². The molecule has 2 atom stereocenters. The first-order chi connectivity index (χ1) is 7.79. The molecule has 4 nitrogen and oxygen atoms in total. The molecule has 0 bridgehead atoms. The summed E-state index contributed by atoms with van der Waals surface area (Å²) < 4.78 is 5.74. The lowest BCUT2D eigenvalue weighted by atomic mass is 10.1. The Balaban J connectivity index is 1.88. The number of amides is 1. The van der Waals surface area contributed by atoms with Crippen LogP contribution in [0.3, 0.4) is 0 Å². The predicted octanol–water partition coefficient (Wildman–Crippen LogP) is 1.74.